The highest BCUT2D eigenvalue weighted by Gasteiger charge is 2.04. The molecule has 1 rings (SSSR count). The zero-order chi connectivity index (χ0) is 9.84. The second kappa shape index (κ2) is 4.09. The number of H-pyrrole nitrogens is 1. The first-order valence-corrected chi connectivity index (χ1v) is 4.18. The highest BCUT2D eigenvalue weighted by molar-refractivity contribution is 5.25. The number of aryl methyl sites for hydroxylation is 1. The first kappa shape index (κ1) is 9.80. The summed E-state index contributed by atoms with van der Waals surface area (Å²) in [7, 11) is 0. The van der Waals surface area contributed by atoms with Crippen molar-refractivity contribution in [2.45, 2.75) is 19.9 Å². The van der Waals surface area contributed by atoms with Gasteiger partial charge in [0.2, 0.25) is 5.43 Å². The largest absolute Gasteiger partial charge is 0.486 e. The van der Waals surface area contributed by atoms with Crippen LogP contribution >= 0.6 is 0 Å². The van der Waals surface area contributed by atoms with Gasteiger partial charge in [-0.3, -0.25) is 4.79 Å². The van der Waals surface area contributed by atoms with Gasteiger partial charge in [-0.2, -0.15) is 0 Å². The van der Waals surface area contributed by atoms with Crippen LogP contribution in [0.4, 0.5) is 0 Å². The van der Waals surface area contributed by atoms with E-state index in [4.69, 9.17) is 10.5 Å². The Balaban J connectivity index is 2.81. The number of nitrogens with one attached hydrogen (secondary N) is 1. The van der Waals surface area contributed by atoms with E-state index >= 15 is 0 Å². The van der Waals surface area contributed by atoms with Gasteiger partial charge in [0.05, 0.1) is 5.69 Å². The average molecular weight is 182 g/mol. The lowest BCUT2D eigenvalue weighted by molar-refractivity contribution is 0.290. The standard InChI is InChI=1S/C9H14N2O2/c1-6(10)5-13-9-7(2)11-4-3-8(9)12/h3-4,6H,5,10H2,1-2H3,(H,11,12). The average Bonchev–Trinajstić information content (AvgIpc) is 2.03. The number of aromatic nitrogens is 1. The molecule has 0 radical (unpaired) electrons. The highest BCUT2D eigenvalue weighted by Crippen LogP contribution is 2.07. The Morgan fingerprint density at radius 2 is 2.38 bits per heavy atom. The number of hydrogen-bond acceptors (Lipinski definition) is 3. The molecule has 1 heterocycles. The molecule has 0 spiro atoms. The van der Waals surface area contributed by atoms with Crippen molar-refractivity contribution in [3.8, 4) is 5.75 Å². The summed E-state index contributed by atoms with van der Waals surface area (Å²) in [4.78, 5) is 14.2. The maximum atomic E-state index is 11.3. The van der Waals surface area contributed by atoms with Crippen LogP contribution in [0.15, 0.2) is 17.1 Å². The van der Waals surface area contributed by atoms with Gasteiger partial charge < -0.3 is 15.5 Å². The Labute approximate surface area is 76.7 Å². The predicted octanol–water partition coefficient (Wildman–Crippen LogP) is 0.409. The molecular formula is C9H14N2O2. The quantitative estimate of drug-likeness (QED) is 0.711. The summed E-state index contributed by atoms with van der Waals surface area (Å²) in [6.07, 6.45) is 1.59. The van der Waals surface area contributed by atoms with E-state index in [1.807, 2.05) is 6.92 Å². The molecule has 0 saturated heterocycles. The maximum absolute atomic E-state index is 11.3. The minimum Gasteiger partial charge on any atom is -0.486 e. The summed E-state index contributed by atoms with van der Waals surface area (Å²) in [5.41, 5.74) is 6.12. The molecule has 0 aliphatic heterocycles. The van der Waals surface area contributed by atoms with Gasteiger partial charge >= 0.3 is 0 Å². The third-order valence-corrected chi connectivity index (χ3v) is 1.59. The second-order valence-corrected chi connectivity index (χ2v) is 3.08. The van der Waals surface area contributed by atoms with Crippen LogP contribution in [0.1, 0.15) is 12.6 Å². The molecule has 4 nitrogen and oxygen atoms in total. The first-order chi connectivity index (χ1) is 6.11. The van der Waals surface area contributed by atoms with Crippen molar-refractivity contribution in [3.63, 3.8) is 0 Å². The van der Waals surface area contributed by atoms with E-state index in [1.165, 1.54) is 6.07 Å². The number of rotatable bonds is 3. The lowest BCUT2D eigenvalue weighted by Gasteiger charge is -2.09. The highest BCUT2D eigenvalue weighted by atomic mass is 16.5. The predicted molar refractivity (Wildman–Crippen MR) is 50.9 cm³/mol. The fourth-order valence-corrected chi connectivity index (χ4v) is 0.963. The lowest BCUT2D eigenvalue weighted by Crippen LogP contribution is -2.25. The smallest absolute Gasteiger partial charge is 0.223 e. The number of aromatic amines is 1. The topological polar surface area (TPSA) is 68.1 Å². The summed E-state index contributed by atoms with van der Waals surface area (Å²) < 4.78 is 5.26. The van der Waals surface area contributed by atoms with Gasteiger partial charge in [0.25, 0.3) is 0 Å². The van der Waals surface area contributed by atoms with E-state index in [-0.39, 0.29) is 11.5 Å². The Bertz CT molecular complexity index is 331. The van der Waals surface area contributed by atoms with Crippen molar-refractivity contribution in [1.82, 2.24) is 4.98 Å². The van der Waals surface area contributed by atoms with Gasteiger partial charge in [0, 0.05) is 18.3 Å². The first-order valence-electron chi connectivity index (χ1n) is 4.18. The molecule has 0 amide bonds. The van der Waals surface area contributed by atoms with Crippen LogP contribution < -0.4 is 15.9 Å². The Morgan fingerprint density at radius 3 is 2.92 bits per heavy atom. The number of pyridine rings is 1. The number of ether oxygens (including phenoxy) is 1. The summed E-state index contributed by atoms with van der Waals surface area (Å²) in [6, 6.07) is 1.36. The molecule has 0 aliphatic carbocycles. The van der Waals surface area contributed by atoms with E-state index in [0.717, 1.165) is 5.69 Å². The summed E-state index contributed by atoms with van der Waals surface area (Å²) in [5, 5.41) is 0. The van der Waals surface area contributed by atoms with Crippen molar-refractivity contribution < 1.29 is 4.74 Å². The van der Waals surface area contributed by atoms with Gasteiger partial charge in [-0.25, -0.2) is 0 Å². The van der Waals surface area contributed by atoms with Crippen LogP contribution in [-0.4, -0.2) is 17.6 Å². The zero-order valence-corrected chi connectivity index (χ0v) is 7.83. The molecule has 0 saturated carbocycles. The molecule has 1 unspecified atom stereocenters. The van der Waals surface area contributed by atoms with E-state index in [0.29, 0.717) is 12.4 Å². The Kier molecular flexibility index (Phi) is 3.08. The third kappa shape index (κ3) is 2.59. The SMILES string of the molecule is Cc1[nH]ccc(=O)c1OCC(C)N. The van der Waals surface area contributed by atoms with Crippen LogP contribution in [0.25, 0.3) is 0 Å². The second-order valence-electron chi connectivity index (χ2n) is 3.08. The minimum absolute atomic E-state index is 0.0704. The van der Waals surface area contributed by atoms with Crippen LogP contribution in [0.5, 0.6) is 5.75 Å². The minimum atomic E-state index is -0.114. The van der Waals surface area contributed by atoms with Crippen molar-refractivity contribution >= 4 is 0 Å². The Morgan fingerprint density at radius 1 is 1.69 bits per heavy atom. The molecule has 72 valence electrons. The Hall–Kier alpha value is -1.29. The van der Waals surface area contributed by atoms with E-state index in [1.54, 1.807) is 13.1 Å². The van der Waals surface area contributed by atoms with Crippen molar-refractivity contribution in [3.05, 3.63) is 28.2 Å². The van der Waals surface area contributed by atoms with Crippen molar-refractivity contribution in [2.75, 3.05) is 6.61 Å². The number of hydrogen-bond donors (Lipinski definition) is 2. The fraction of sp³-hybridized carbons (Fsp3) is 0.444. The molecule has 1 aromatic heterocycles. The normalized spacial score (nSPS) is 12.5. The monoisotopic (exact) mass is 182 g/mol. The van der Waals surface area contributed by atoms with Crippen LogP contribution in [0.2, 0.25) is 0 Å². The van der Waals surface area contributed by atoms with Crippen LogP contribution in [0.3, 0.4) is 0 Å². The van der Waals surface area contributed by atoms with Crippen LogP contribution in [0, 0.1) is 6.92 Å². The van der Waals surface area contributed by atoms with Gasteiger partial charge in [0.15, 0.2) is 5.75 Å². The summed E-state index contributed by atoms with van der Waals surface area (Å²) in [5.74, 6) is 0.361. The van der Waals surface area contributed by atoms with Crippen molar-refractivity contribution in [1.29, 1.82) is 0 Å². The van der Waals surface area contributed by atoms with E-state index in [9.17, 15) is 4.79 Å². The molecule has 0 bridgehead atoms. The van der Waals surface area contributed by atoms with Gasteiger partial charge in [-0.1, -0.05) is 0 Å². The van der Waals surface area contributed by atoms with Gasteiger partial charge in [-0.15, -0.1) is 0 Å². The number of nitrogens with two attached hydrogens (primary N) is 1. The molecule has 1 atom stereocenters. The molecular weight excluding hydrogens is 168 g/mol. The molecule has 0 aromatic carbocycles. The fourth-order valence-electron chi connectivity index (χ4n) is 0.963. The lowest BCUT2D eigenvalue weighted by atomic mass is 10.3. The molecule has 13 heavy (non-hydrogen) atoms. The molecule has 0 fully saturated rings. The summed E-state index contributed by atoms with van der Waals surface area (Å²) >= 11 is 0. The van der Waals surface area contributed by atoms with E-state index < -0.39 is 0 Å². The van der Waals surface area contributed by atoms with Gasteiger partial charge in [-0.05, 0) is 13.8 Å². The third-order valence-electron chi connectivity index (χ3n) is 1.59. The zero-order valence-electron chi connectivity index (χ0n) is 7.83. The summed E-state index contributed by atoms with van der Waals surface area (Å²) in [6.45, 7) is 3.97. The molecule has 3 N–H and O–H groups in total. The molecule has 0 aliphatic rings. The van der Waals surface area contributed by atoms with Crippen LogP contribution in [-0.2, 0) is 0 Å². The van der Waals surface area contributed by atoms with Gasteiger partial charge in [0.1, 0.15) is 6.61 Å². The molecule has 4 heteroatoms. The van der Waals surface area contributed by atoms with Crippen molar-refractivity contribution in [2.24, 2.45) is 5.73 Å². The molecule has 1 aromatic rings. The maximum Gasteiger partial charge on any atom is 0.223 e. The van der Waals surface area contributed by atoms with E-state index in [2.05, 4.69) is 4.98 Å².